The van der Waals surface area contributed by atoms with Crippen LogP contribution in [0, 0.1) is 18.3 Å². The van der Waals surface area contributed by atoms with Crippen LogP contribution < -0.4 is 5.56 Å². The summed E-state index contributed by atoms with van der Waals surface area (Å²) in [5, 5.41) is 13.3. The average Bonchev–Trinajstić information content (AvgIpc) is 2.72. The lowest BCUT2D eigenvalue weighted by Gasteiger charge is -2.11. The number of aromatic nitrogens is 2. The highest BCUT2D eigenvalue weighted by atomic mass is 16.5. The van der Waals surface area contributed by atoms with Crippen molar-refractivity contribution < 1.29 is 4.52 Å². The lowest BCUT2D eigenvalue weighted by Crippen LogP contribution is -2.17. The zero-order valence-electron chi connectivity index (χ0n) is 11.3. The van der Waals surface area contributed by atoms with Crippen LogP contribution in [0.1, 0.15) is 41.8 Å². The summed E-state index contributed by atoms with van der Waals surface area (Å²) in [5.41, 5.74) is 3.05. The number of hydrogen-bond donors (Lipinski definition) is 1. The second kappa shape index (κ2) is 4.97. The Labute approximate surface area is 116 Å². The number of aromatic amines is 1. The molecule has 2 aromatic heterocycles. The highest BCUT2D eigenvalue weighted by Gasteiger charge is 2.22. The van der Waals surface area contributed by atoms with Gasteiger partial charge in [-0.05, 0) is 38.2 Å². The molecule has 0 unspecified atom stereocenters. The normalized spacial score (nSPS) is 14.4. The van der Waals surface area contributed by atoms with E-state index in [-0.39, 0.29) is 11.1 Å². The van der Waals surface area contributed by atoms with Crippen LogP contribution in [0.5, 0.6) is 0 Å². The fourth-order valence-electron chi connectivity index (χ4n) is 2.83. The van der Waals surface area contributed by atoms with Crippen molar-refractivity contribution in [2.45, 2.75) is 39.0 Å². The largest absolute Gasteiger partial charge is 0.361 e. The molecule has 0 fully saturated rings. The van der Waals surface area contributed by atoms with Crippen molar-refractivity contribution in [1.82, 2.24) is 10.1 Å². The Morgan fingerprint density at radius 2 is 2.15 bits per heavy atom. The Kier molecular flexibility index (Phi) is 3.15. The minimum absolute atomic E-state index is 0.138. The van der Waals surface area contributed by atoms with Gasteiger partial charge in [-0.2, -0.15) is 5.26 Å². The SMILES string of the molecule is Cc1cc(-c2c3c([nH]c(=O)c2C#N)CCCCC3)no1. The predicted molar refractivity (Wildman–Crippen MR) is 73.3 cm³/mol. The third kappa shape index (κ3) is 2.03. The van der Waals surface area contributed by atoms with E-state index in [1.165, 1.54) is 0 Å². The third-order valence-corrected chi connectivity index (χ3v) is 3.76. The van der Waals surface area contributed by atoms with E-state index in [2.05, 4.69) is 10.1 Å². The van der Waals surface area contributed by atoms with Crippen molar-refractivity contribution in [3.8, 4) is 17.3 Å². The third-order valence-electron chi connectivity index (χ3n) is 3.76. The van der Waals surface area contributed by atoms with Gasteiger partial charge in [0, 0.05) is 17.3 Å². The quantitative estimate of drug-likeness (QED) is 0.806. The topological polar surface area (TPSA) is 82.7 Å². The van der Waals surface area contributed by atoms with Crippen LogP contribution in [0.4, 0.5) is 0 Å². The van der Waals surface area contributed by atoms with Crippen LogP contribution >= 0.6 is 0 Å². The molecule has 0 saturated heterocycles. The molecule has 0 amide bonds. The molecule has 0 bridgehead atoms. The number of hydrogen-bond acceptors (Lipinski definition) is 4. The van der Waals surface area contributed by atoms with E-state index in [4.69, 9.17) is 4.52 Å². The average molecular weight is 269 g/mol. The van der Waals surface area contributed by atoms with Gasteiger partial charge in [0.05, 0.1) is 0 Å². The number of aryl methyl sites for hydroxylation is 2. The van der Waals surface area contributed by atoms with Gasteiger partial charge in [-0.15, -0.1) is 0 Å². The first-order chi connectivity index (χ1) is 9.70. The first kappa shape index (κ1) is 12.7. The van der Waals surface area contributed by atoms with Gasteiger partial charge in [-0.3, -0.25) is 4.79 Å². The molecule has 20 heavy (non-hydrogen) atoms. The lowest BCUT2D eigenvalue weighted by atomic mass is 9.95. The first-order valence-electron chi connectivity index (χ1n) is 6.82. The van der Waals surface area contributed by atoms with Crippen molar-refractivity contribution in [2.75, 3.05) is 0 Å². The van der Waals surface area contributed by atoms with Gasteiger partial charge < -0.3 is 9.51 Å². The van der Waals surface area contributed by atoms with E-state index >= 15 is 0 Å². The second-order valence-corrected chi connectivity index (χ2v) is 5.16. The monoisotopic (exact) mass is 269 g/mol. The van der Waals surface area contributed by atoms with Crippen molar-refractivity contribution >= 4 is 0 Å². The summed E-state index contributed by atoms with van der Waals surface area (Å²) in [6.07, 6.45) is 4.97. The molecular formula is C15H15N3O2. The summed E-state index contributed by atoms with van der Waals surface area (Å²) in [4.78, 5) is 15.0. The summed E-state index contributed by atoms with van der Waals surface area (Å²) in [6, 6.07) is 3.80. The van der Waals surface area contributed by atoms with Crippen molar-refractivity contribution in [2.24, 2.45) is 0 Å². The lowest BCUT2D eigenvalue weighted by molar-refractivity contribution is 0.399. The number of nitrogens with one attached hydrogen (secondary N) is 1. The molecule has 1 N–H and O–H groups in total. The van der Waals surface area contributed by atoms with Crippen LogP contribution in [-0.2, 0) is 12.8 Å². The Hall–Kier alpha value is -2.35. The summed E-state index contributed by atoms with van der Waals surface area (Å²) in [6.45, 7) is 1.80. The van der Waals surface area contributed by atoms with E-state index in [9.17, 15) is 10.1 Å². The number of nitriles is 1. The molecule has 0 aliphatic heterocycles. The highest BCUT2D eigenvalue weighted by molar-refractivity contribution is 5.71. The Morgan fingerprint density at radius 1 is 1.35 bits per heavy atom. The molecule has 0 atom stereocenters. The number of rotatable bonds is 1. The van der Waals surface area contributed by atoms with E-state index in [1.807, 2.05) is 6.07 Å². The standard InChI is InChI=1S/C15H15N3O2/c1-9-7-13(18-20-9)14-10-5-3-2-4-6-12(10)17-15(19)11(14)8-16/h7H,2-6H2,1H3,(H,17,19). The summed E-state index contributed by atoms with van der Waals surface area (Å²) in [5.74, 6) is 0.673. The van der Waals surface area contributed by atoms with Crippen molar-refractivity contribution in [3.05, 3.63) is 39.0 Å². The van der Waals surface area contributed by atoms with Crippen LogP contribution in [0.2, 0.25) is 0 Å². The number of fused-ring (bicyclic) bond motifs is 1. The molecule has 0 spiro atoms. The van der Waals surface area contributed by atoms with Crippen molar-refractivity contribution in [1.29, 1.82) is 5.26 Å². The minimum Gasteiger partial charge on any atom is -0.361 e. The van der Waals surface area contributed by atoms with Gasteiger partial charge in [-0.25, -0.2) is 0 Å². The zero-order chi connectivity index (χ0) is 14.1. The fraction of sp³-hybridized carbons (Fsp3) is 0.400. The molecule has 2 heterocycles. The minimum atomic E-state index is -0.330. The highest BCUT2D eigenvalue weighted by Crippen LogP contribution is 2.30. The molecule has 5 heteroatoms. The second-order valence-electron chi connectivity index (χ2n) is 5.16. The molecular weight excluding hydrogens is 254 g/mol. The predicted octanol–water partition coefficient (Wildman–Crippen LogP) is 2.48. The number of pyridine rings is 1. The summed E-state index contributed by atoms with van der Waals surface area (Å²) < 4.78 is 5.11. The Bertz CT molecular complexity index is 749. The van der Waals surface area contributed by atoms with Crippen LogP contribution in [0.15, 0.2) is 15.4 Å². The maximum Gasteiger partial charge on any atom is 0.266 e. The van der Waals surface area contributed by atoms with Gasteiger partial charge in [0.1, 0.15) is 23.1 Å². The van der Waals surface area contributed by atoms with E-state index in [0.29, 0.717) is 17.0 Å². The maximum atomic E-state index is 12.1. The van der Waals surface area contributed by atoms with Crippen LogP contribution in [0.25, 0.3) is 11.3 Å². The number of nitrogens with zero attached hydrogens (tertiary/aromatic N) is 2. The molecule has 0 radical (unpaired) electrons. The van der Waals surface area contributed by atoms with E-state index in [1.54, 1.807) is 13.0 Å². The van der Waals surface area contributed by atoms with Gasteiger partial charge in [0.2, 0.25) is 0 Å². The molecule has 0 saturated carbocycles. The van der Waals surface area contributed by atoms with Gasteiger partial charge in [0.15, 0.2) is 0 Å². The first-order valence-corrected chi connectivity index (χ1v) is 6.82. The number of H-pyrrole nitrogens is 1. The zero-order valence-corrected chi connectivity index (χ0v) is 11.3. The molecule has 0 aromatic carbocycles. The molecule has 102 valence electrons. The van der Waals surface area contributed by atoms with Crippen LogP contribution in [-0.4, -0.2) is 10.1 Å². The van der Waals surface area contributed by atoms with E-state index < -0.39 is 0 Å². The summed E-state index contributed by atoms with van der Waals surface area (Å²) >= 11 is 0. The van der Waals surface area contributed by atoms with Gasteiger partial charge in [-0.1, -0.05) is 11.6 Å². The molecule has 5 nitrogen and oxygen atoms in total. The Balaban J connectivity index is 2.32. The van der Waals surface area contributed by atoms with Gasteiger partial charge in [0.25, 0.3) is 5.56 Å². The fourth-order valence-corrected chi connectivity index (χ4v) is 2.83. The Morgan fingerprint density at radius 3 is 2.85 bits per heavy atom. The molecule has 1 aliphatic carbocycles. The maximum absolute atomic E-state index is 12.1. The molecule has 1 aliphatic rings. The van der Waals surface area contributed by atoms with Crippen molar-refractivity contribution in [3.63, 3.8) is 0 Å². The smallest absolute Gasteiger partial charge is 0.266 e. The molecule has 2 aromatic rings. The summed E-state index contributed by atoms with van der Waals surface area (Å²) in [7, 11) is 0. The van der Waals surface area contributed by atoms with E-state index in [0.717, 1.165) is 43.4 Å². The van der Waals surface area contributed by atoms with Gasteiger partial charge >= 0.3 is 0 Å². The molecule has 3 rings (SSSR count). The van der Waals surface area contributed by atoms with Crippen LogP contribution in [0.3, 0.4) is 0 Å².